The number of benzene rings is 1. The van der Waals surface area contributed by atoms with Crippen LogP contribution in [-0.2, 0) is 4.79 Å². The Labute approximate surface area is 155 Å². The summed E-state index contributed by atoms with van der Waals surface area (Å²) >= 11 is 12.0. The van der Waals surface area contributed by atoms with E-state index in [9.17, 15) is 9.59 Å². The average molecular weight is 382 g/mol. The summed E-state index contributed by atoms with van der Waals surface area (Å²) in [4.78, 5) is 25.9. The number of carbonyl (C=O) groups is 2. The fourth-order valence-electron chi connectivity index (χ4n) is 1.93. The normalized spacial score (nSPS) is 15.7. The van der Waals surface area contributed by atoms with Crippen LogP contribution in [0.4, 0.5) is 4.79 Å². The summed E-state index contributed by atoms with van der Waals surface area (Å²) in [5.41, 5.74) is 0.706. The number of imide groups is 1. The van der Waals surface area contributed by atoms with E-state index < -0.39 is 0 Å². The minimum Gasteiger partial charge on any atom is -0.361 e. The van der Waals surface area contributed by atoms with Crippen LogP contribution in [0.5, 0.6) is 0 Å². The Kier molecular flexibility index (Phi) is 6.84. The number of nitrogens with one attached hydrogen (secondary N) is 2. The van der Waals surface area contributed by atoms with Crippen molar-refractivity contribution in [1.29, 1.82) is 0 Å². The molecule has 8 heteroatoms. The van der Waals surface area contributed by atoms with Crippen LogP contribution in [-0.4, -0.2) is 40.8 Å². The lowest BCUT2D eigenvalue weighted by Crippen LogP contribution is -2.41. The van der Waals surface area contributed by atoms with E-state index in [0.717, 1.165) is 11.8 Å². The van der Waals surface area contributed by atoms with E-state index in [-0.39, 0.29) is 17.7 Å². The summed E-state index contributed by atoms with van der Waals surface area (Å²) in [7, 11) is 0. The van der Waals surface area contributed by atoms with Gasteiger partial charge in [-0.05, 0) is 41.7 Å². The first-order chi connectivity index (χ1) is 11.5. The zero-order valence-corrected chi connectivity index (χ0v) is 15.1. The maximum Gasteiger partial charge on any atom is 0.293 e. The highest BCUT2D eigenvalue weighted by Gasteiger charge is 2.34. The van der Waals surface area contributed by atoms with Gasteiger partial charge in [0.15, 0.2) is 5.11 Å². The summed E-state index contributed by atoms with van der Waals surface area (Å²) in [6.07, 6.45) is 3.32. The Morgan fingerprint density at radius 3 is 2.79 bits per heavy atom. The molecule has 126 valence electrons. The van der Waals surface area contributed by atoms with Gasteiger partial charge in [0, 0.05) is 24.7 Å². The number of nitrogens with zero attached hydrogens (tertiary/aromatic N) is 1. The monoisotopic (exact) mass is 381 g/mol. The number of thiocarbonyl (C=S) groups is 1. The molecule has 24 heavy (non-hydrogen) atoms. The van der Waals surface area contributed by atoms with Crippen LogP contribution in [0.15, 0.2) is 41.8 Å². The fourth-order valence-corrected chi connectivity index (χ4v) is 3.17. The molecule has 5 nitrogen and oxygen atoms in total. The van der Waals surface area contributed by atoms with Crippen molar-refractivity contribution in [1.82, 2.24) is 15.5 Å². The highest BCUT2D eigenvalue weighted by molar-refractivity contribution is 8.18. The molecule has 1 aliphatic heterocycles. The molecule has 1 aromatic rings. The van der Waals surface area contributed by atoms with E-state index in [4.69, 9.17) is 23.8 Å². The van der Waals surface area contributed by atoms with Crippen LogP contribution < -0.4 is 10.6 Å². The summed E-state index contributed by atoms with van der Waals surface area (Å²) in [5.74, 6) is -0.323. The van der Waals surface area contributed by atoms with Gasteiger partial charge in [-0.15, -0.1) is 6.58 Å². The van der Waals surface area contributed by atoms with Gasteiger partial charge in [-0.1, -0.05) is 35.9 Å². The van der Waals surface area contributed by atoms with Crippen LogP contribution in [0, 0.1) is 0 Å². The molecular weight excluding hydrogens is 366 g/mol. The van der Waals surface area contributed by atoms with Gasteiger partial charge in [-0.3, -0.25) is 14.5 Å². The molecule has 1 aromatic carbocycles. The average Bonchev–Trinajstić information content (AvgIpc) is 2.82. The molecule has 1 aliphatic rings. The van der Waals surface area contributed by atoms with Crippen molar-refractivity contribution < 1.29 is 9.59 Å². The van der Waals surface area contributed by atoms with Crippen molar-refractivity contribution in [3.05, 3.63) is 52.4 Å². The Hall–Kier alpha value is -1.83. The molecule has 0 bridgehead atoms. The lowest BCUT2D eigenvalue weighted by molar-refractivity contribution is -0.122. The molecule has 1 fully saturated rings. The number of hydrogen-bond acceptors (Lipinski definition) is 4. The smallest absolute Gasteiger partial charge is 0.293 e. The highest BCUT2D eigenvalue weighted by Crippen LogP contribution is 2.33. The van der Waals surface area contributed by atoms with E-state index >= 15 is 0 Å². The molecule has 0 radical (unpaired) electrons. The number of hydrogen-bond donors (Lipinski definition) is 2. The van der Waals surface area contributed by atoms with E-state index in [0.29, 0.717) is 33.7 Å². The van der Waals surface area contributed by atoms with Crippen LogP contribution >= 0.6 is 35.6 Å². The molecule has 2 rings (SSSR count). The van der Waals surface area contributed by atoms with E-state index in [1.807, 2.05) is 6.07 Å². The molecular formula is C16H16ClN3O2S2. The van der Waals surface area contributed by atoms with Crippen molar-refractivity contribution in [3.8, 4) is 0 Å². The van der Waals surface area contributed by atoms with Gasteiger partial charge in [-0.25, -0.2) is 0 Å². The SMILES string of the molecule is C=CCNC(=S)NCCN1C(=O)S/C(=C\c2ccccc2Cl)C1=O. The molecule has 1 saturated heterocycles. The molecule has 0 spiro atoms. The Balaban J connectivity index is 1.95. The second-order valence-electron chi connectivity index (χ2n) is 4.78. The third kappa shape index (κ3) is 4.83. The topological polar surface area (TPSA) is 61.4 Å². The Morgan fingerprint density at radius 2 is 2.08 bits per heavy atom. The maximum absolute atomic E-state index is 12.4. The largest absolute Gasteiger partial charge is 0.361 e. The van der Waals surface area contributed by atoms with Gasteiger partial charge in [0.25, 0.3) is 11.1 Å². The first kappa shape index (κ1) is 18.5. The summed E-state index contributed by atoms with van der Waals surface area (Å²) in [5, 5.41) is 6.53. The third-order valence-corrected chi connectivity index (χ3v) is 4.63. The second kappa shape index (κ2) is 8.86. The Bertz CT molecular complexity index is 706. The third-order valence-electron chi connectivity index (χ3n) is 3.09. The molecule has 1 heterocycles. The maximum atomic E-state index is 12.4. The lowest BCUT2D eigenvalue weighted by Gasteiger charge is -2.14. The number of thioether (sulfide) groups is 1. The highest BCUT2D eigenvalue weighted by atomic mass is 35.5. The van der Waals surface area contributed by atoms with Crippen molar-refractivity contribution in [2.45, 2.75) is 0 Å². The van der Waals surface area contributed by atoms with Crippen LogP contribution in [0.3, 0.4) is 0 Å². The minimum atomic E-state index is -0.323. The molecule has 2 amide bonds. The first-order valence-corrected chi connectivity index (χ1v) is 8.75. The van der Waals surface area contributed by atoms with Crippen LogP contribution in [0.2, 0.25) is 5.02 Å². The predicted octanol–water partition coefficient (Wildman–Crippen LogP) is 3.03. The summed E-state index contributed by atoms with van der Waals surface area (Å²) in [6.45, 7) is 4.74. The number of halogens is 1. The van der Waals surface area contributed by atoms with Gasteiger partial charge in [0.05, 0.1) is 4.91 Å². The number of amides is 2. The Morgan fingerprint density at radius 1 is 1.33 bits per heavy atom. The van der Waals surface area contributed by atoms with Crippen molar-refractivity contribution >= 4 is 57.9 Å². The zero-order valence-electron chi connectivity index (χ0n) is 12.8. The van der Waals surface area contributed by atoms with Crippen molar-refractivity contribution in [2.24, 2.45) is 0 Å². The van der Waals surface area contributed by atoms with Gasteiger partial charge in [-0.2, -0.15) is 0 Å². The van der Waals surface area contributed by atoms with Gasteiger partial charge >= 0.3 is 0 Å². The number of carbonyl (C=O) groups excluding carboxylic acids is 2. The van der Waals surface area contributed by atoms with Crippen molar-refractivity contribution in [2.75, 3.05) is 19.6 Å². The molecule has 0 saturated carbocycles. The lowest BCUT2D eigenvalue weighted by atomic mass is 10.2. The first-order valence-electron chi connectivity index (χ1n) is 7.15. The van der Waals surface area contributed by atoms with E-state index in [2.05, 4.69) is 17.2 Å². The van der Waals surface area contributed by atoms with Crippen LogP contribution in [0.1, 0.15) is 5.56 Å². The van der Waals surface area contributed by atoms with Gasteiger partial charge < -0.3 is 10.6 Å². The predicted molar refractivity (Wildman–Crippen MR) is 103 cm³/mol. The van der Waals surface area contributed by atoms with E-state index in [1.165, 1.54) is 4.90 Å². The minimum absolute atomic E-state index is 0.237. The number of rotatable bonds is 6. The van der Waals surface area contributed by atoms with E-state index in [1.54, 1.807) is 30.4 Å². The van der Waals surface area contributed by atoms with Crippen molar-refractivity contribution in [3.63, 3.8) is 0 Å². The van der Waals surface area contributed by atoms with Crippen LogP contribution in [0.25, 0.3) is 6.08 Å². The molecule has 2 N–H and O–H groups in total. The zero-order chi connectivity index (χ0) is 17.5. The standard InChI is InChI=1S/C16H16ClN3O2S2/c1-2-7-18-15(23)19-8-9-20-14(21)13(24-16(20)22)10-11-5-3-4-6-12(11)17/h2-6,10H,1,7-9H2,(H2,18,19,23)/b13-10-. The fraction of sp³-hybridized carbons (Fsp3) is 0.188. The quantitative estimate of drug-likeness (QED) is 0.448. The van der Waals surface area contributed by atoms with Gasteiger partial charge in [0.2, 0.25) is 0 Å². The summed E-state index contributed by atoms with van der Waals surface area (Å²) < 4.78 is 0. The molecule has 0 aromatic heterocycles. The second-order valence-corrected chi connectivity index (χ2v) is 6.59. The molecule has 0 atom stereocenters. The van der Waals surface area contributed by atoms with Gasteiger partial charge in [0.1, 0.15) is 0 Å². The summed E-state index contributed by atoms with van der Waals surface area (Å²) in [6, 6.07) is 7.16. The molecule has 0 unspecified atom stereocenters. The molecule has 0 aliphatic carbocycles.